The van der Waals surface area contributed by atoms with Crippen molar-refractivity contribution in [1.29, 1.82) is 0 Å². The predicted molar refractivity (Wildman–Crippen MR) is 93.3 cm³/mol. The van der Waals surface area contributed by atoms with E-state index in [1.54, 1.807) is 30.3 Å². The van der Waals surface area contributed by atoms with Gasteiger partial charge in [0.2, 0.25) is 0 Å². The third-order valence-electron chi connectivity index (χ3n) is 4.02. The number of anilines is 1. The second-order valence-corrected chi connectivity index (χ2v) is 6.14. The Bertz CT molecular complexity index is 949. The van der Waals surface area contributed by atoms with Crippen LogP contribution in [-0.4, -0.2) is 34.1 Å². The largest absolute Gasteiger partial charge is 0.486 e. The van der Waals surface area contributed by atoms with Gasteiger partial charge in [-0.1, -0.05) is 5.21 Å². The number of carbonyl (C=O) groups is 1. The van der Waals surface area contributed by atoms with Crippen LogP contribution in [0, 0.1) is 0 Å². The van der Waals surface area contributed by atoms with E-state index in [1.165, 1.54) is 0 Å². The lowest BCUT2D eigenvalue weighted by molar-refractivity contribution is 0.102. The summed E-state index contributed by atoms with van der Waals surface area (Å²) in [6.07, 6.45) is 0. The molecular weight excluding hydrogens is 320 g/mol. The molecule has 0 radical (unpaired) electrons. The lowest BCUT2D eigenvalue weighted by atomic mass is 10.1. The van der Waals surface area contributed by atoms with Gasteiger partial charge < -0.3 is 14.8 Å². The maximum absolute atomic E-state index is 12.5. The van der Waals surface area contributed by atoms with Crippen LogP contribution in [-0.2, 0) is 0 Å². The number of benzene rings is 2. The van der Waals surface area contributed by atoms with Crippen molar-refractivity contribution < 1.29 is 14.3 Å². The summed E-state index contributed by atoms with van der Waals surface area (Å²) in [5.74, 6) is 1.12. The SMILES string of the molecule is CC(C)n1nnc2cc(C(=O)Nc3ccc4c(c3)OCCO4)ccc21. The summed E-state index contributed by atoms with van der Waals surface area (Å²) in [5, 5.41) is 11.1. The number of aromatic nitrogens is 3. The number of amides is 1. The number of hydrogen-bond donors (Lipinski definition) is 1. The molecule has 128 valence electrons. The molecule has 1 aromatic heterocycles. The fraction of sp³-hybridized carbons (Fsp3) is 0.278. The first-order chi connectivity index (χ1) is 12.1. The molecule has 2 aromatic carbocycles. The zero-order chi connectivity index (χ0) is 17.4. The van der Waals surface area contributed by atoms with Gasteiger partial charge in [-0.15, -0.1) is 5.10 Å². The average molecular weight is 338 g/mol. The zero-order valence-electron chi connectivity index (χ0n) is 14.0. The molecule has 0 atom stereocenters. The van der Waals surface area contributed by atoms with Crippen molar-refractivity contribution in [3.05, 3.63) is 42.0 Å². The molecule has 1 aliphatic heterocycles. The summed E-state index contributed by atoms with van der Waals surface area (Å²) in [6.45, 7) is 5.12. The standard InChI is InChI=1S/C18H18N4O3/c1-11(2)22-15-5-3-12(9-14(15)20-21-22)18(23)19-13-4-6-16-17(10-13)25-8-7-24-16/h3-6,9-11H,7-8H2,1-2H3,(H,19,23). The molecule has 0 spiro atoms. The summed E-state index contributed by atoms with van der Waals surface area (Å²) >= 11 is 0. The first-order valence-electron chi connectivity index (χ1n) is 8.18. The maximum atomic E-state index is 12.5. The monoisotopic (exact) mass is 338 g/mol. The fourth-order valence-corrected chi connectivity index (χ4v) is 2.79. The molecule has 0 saturated carbocycles. The Hall–Kier alpha value is -3.09. The summed E-state index contributed by atoms with van der Waals surface area (Å²) in [5.41, 5.74) is 2.78. The molecule has 4 rings (SSSR count). The van der Waals surface area contributed by atoms with E-state index in [9.17, 15) is 4.79 Å². The number of rotatable bonds is 3. The Morgan fingerprint density at radius 2 is 1.92 bits per heavy atom. The average Bonchev–Trinajstić information content (AvgIpc) is 3.05. The van der Waals surface area contributed by atoms with Crippen LogP contribution in [0.4, 0.5) is 5.69 Å². The molecule has 7 nitrogen and oxygen atoms in total. The quantitative estimate of drug-likeness (QED) is 0.794. The molecule has 3 aromatic rings. The first kappa shape index (κ1) is 15.4. The third kappa shape index (κ3) is 2.88. The van der Waals surface area contributed by atoms with E-state index in [2.05, 4.69) is 15.6 Å². The van der Waals surface area contributed by atoms with Crippen molar-refractivity contribution in [3.8, 4) is 11.5 Å². The van der Waals surface area contributed by atoms with Gasteiger partial charge in [0.1, 0.15) is 18.7 Å². The molecule has 0 unspecified atom stereocenters. The summed E-state index contributed by atoms with van der Waals surface area (Å²) in [6, 6.07) is 10.9. The minimum absolute atomic E-state index is 0.210. The van der Waals surface area contributed by atoms with Crippen molar-refractivity contribution in [2.75, 3.05) is 18.5 Å². The molecule has 0 fully saturated rings. The summed E-state index contributed by atoms with van der Waals surface area (Å²) in [7, 11) is 0. The number of nitrogens with one attached hydrogen (secondary N) is 1. The molecule has 7 heteroatoms. The lowest BCUT2D eigenvalue weighted by Crippen LogP contribution is -2.16. The van der Waals surface area contributed by atoms with Crippen LogP contribution < -0.4 is 14.8 Å². The smallest absolute Gasteiger partial charge is 0.255 e. The topological polar surface area (TPSA) is 78.3 Å². The van der Waals surface area contributed by atoms with Crippen molar-refractivity contribution in [1.82, 2.24) is 15.0 Å². The maximum Gasteiger partial charge on any atom is 0.255 e. The number of ether oxygens (including phenoxy) is 2. The van der Waals surface area contributed by atoms with Crippen LogP contribution in [0.5, 0.6) is 11.5 Å². The van der Waals surface area contributed by atoms with Crippen molar-refractivity contribution in [3.63, 3.8) is 0 Å². The van der Waals surface area contributed by atoms with E-state index in [0.29, 0.717) is 41.5 Å². The van der Waals surface area contributed by atoms with E-state index in [1.807, 2.05) is 24.6 Å². The highest BCUT2D eigenvalue weighted by molar-refractivity contribution is 6.06. The molecule has 0 bridgehead atoms. The minimum atomic E-state index is -0.210. The predicted octanol–water partition coefficient (Wildman–Crippen LogP) is 3.04. The molecule has 1 aliphatic rings. The van der Waals surface area contributed by atoms with Gasteiger partial charge in [0.15, 0.2) is 11.5 Å². The Labute approximate surface area is 144 Å². The highest BCUT2D eigenvalue weighted by Gasteiger charge is 2.15. The normalized spacial score (nSPS) is 13.2. The van der Waals surface area contributed by atoms with Gasteiger partial charge in [0.25, 0.3) is 5.91 Å². The van der Waals surface area contributed by atoms with Gasteiger partial charge in [-0.3, -0.25) is 4.79 Å². The van der Waals surface area contributed by atoms with E-state index >= 15 is 0 Å². The van der Waals surface area contributed by atoms with Gasteiger partial charge in [-0.05, 0) is 44.2 Å². The van der Waals surface area contributed by atoms with Gasteiger partial charge in [0, 0.05) is 23.4 Å². The Balaban J connectivity index is 1.57. The van der Waals surface area contributed by atoms with Gasteiger partial charge in [0.05, 0.1) is 5.52 Å². The molecular formula is C18H18N4O3. The number of nitrogens with zero attached hydrogens (tertiary/aromatic N) is 3. The van der Waals surface area contributed by atoms with Crippen LogP contribution >= 0.6 is 0 Å². The molecule has 2 heterocycles. The fourth-order valence-electron chi connectivity index (χ4n) is 2.79. The Kier molecular flexibility index (Phi) is 3.76. The van der Waals surface area contributed by atoms with Crippen molar-refractivity contribution >= 4 is 22.6 Å². The Morgan fingerprint density at radius 1 is 1.12 bits per heavy atom. The van der Waals surface area contributed by atoms with E-state index in [0.717, 1.165) is 5.52 Å². The molecule has 1 N–H and O–H groups in total. The third-order valence-corrected chi connectivity index (χ3v) is 4.02. The zero-order valence-corrected chi connectivity index (χ0v) is 14.0. The highest BCUT2D eigenvalue weighted by Crippen LogP contribution is 2.32. The van der Waals surface area contributed by atoms with Crippen LogP contribution in [0.25, 0.3) is 11.0 Å². The highest BCUT2D eigenvalue weighted by atomic mass is 16.6. The minimum Gasteiger partial charge on any atom is -0.486 e. The number of carbonyl (C=O) groups excluding carboxylic acids is 1. The second kappa shape index (κ2) is 6.08. The first-order valence-corrected chi connectivity index (χ1v) is 8.18. The Morgan fingerprint density at radius 3 is 2.72 bits per heavy atom. The van der Waals surface area contributed by atoms with Crippen LogP contribution in [0.15, 0.2) is 36.4 Å². The van der Waals surface area contributed by atoms with E-state index in [4.69, 9.17) is 9.47 Å². The molecule has 25 heavy (non-hydrogen) atoms. The summed E-state index contributed by atoms with van der Waals surface area (Å²) < 4.78 is 12.9. The van der Waals surface area contributed by atoms with Crippen LogP contribution in [0.1, 0.15) is 30.2 Å². The van der Waals surface area contributed by atoms with Gasteiger partial charge in [-0.25, -0.2) is 4.68 Å². The number of fused-ring (bicyclic) bond motifs is 2. The lowest BCUT2D eigenvalue weighted by Gasteiger charge is -2.19. The molecule has 0 aliphatic carbocycles. The second-order valence-electron chi connectivity index (χ2n) is 6.14. The summed E-state index contributed by atoms with van der Waals surface area (Å²) in [4.78, 5) is 12.5. The van der Waals surface area contributed by atoms with Crippen molar-refractivity contribution in [2.24, 2.45) is 0 Å². The van der Waals surface area contributed by atoms with Crippen molar-refractivity contribution in [2.45, 2.75) is 19.9 Å². The van der Waals surface area contributed by atoms with Crippen LogP contribution in [0.3, 0.4) is 0 Å². The number of hydrogen-bond acceptors (Lipinski definition) is 5. The van der Waals surface area contributed by atoms with Crippen LogP contribution in [0.2, 0.25) is 0 Å². The van der Waals surface area contributed by atoms with Gasteiger partial charge >= 0.3 is 0 Å². The molecule has 0 saturated heterocycles. The van der Waals surface area contributed by atoms with Gasteiger partial charge in [-0.2, -0.15) is 0 Å². The van der Waals surface area contributed by atoms with E-state index < -0.39 is 0 Å². The molecule has 1 amide bonds. The van der Waals surface area contributed by atoms with E-state index in [-0.39, 0.29) is 11.9 Å².